The summed E-state index contributed by atoms with van der Waals surface area (Å²) in [5.41, 5.74) is 3.45. The highest BCUT2D eigenvalue weighted by Crippen LogP contribution is 2.12. The maximum Gasteiger partial charge on any atom is 0.0107 e. The van der Waals surface area contributed by atoms with Gasteiger partial charge < -0.3 is 5.32 Å². The Morgan fingerprint density at radius 3 is 2.38 bits per heavy atom. The minimum atomic E-state index is 1.04. The van der Waals surface area contributed by atoms with Crippen LogP contribution in [0.5, 0.6) is 0 Å². The lowest BCUT2D eigenvalue weighted by Crippen LogP contribution is -1.96. The van der Waals surface area contributed by atoms with Gasteiger partial charge in [-0.15, -0.1) is 0 Å². The Kier molecular flexibility index (Phi) is 3.65. The predicted molar refractivity (Wildman–Crippen MR) is 61.9 cm³/mol. The SMILES string of the molecule is CN/C=C(/C=S)c1ccc(C)cc1. The van der Waals surface area contributed by atoms with E-state index < -0.39 is 0 Å². The number of rotatable bonds is 3. The van der Waals surface area contributed by atoms with Crippen LogP contribution in [0.25, 0.3) is 5.57 Å². The summed E-state index contributed by atoms with van der Waals surface area (Å²) in [6, 6.07) is 8.30. The summed E-state index contributed by atoms with van der Waals surface area (Å²) in [5, 5.41) is 4.65. The Balaban J connectivity index is 2.99. The molecule has 0 spiro atoms. The number of nitrogens with one attached hydrogen (secondary N) is 1. The first-order valence-electron chi connectivity index (χ1n) is 4.17. The lowest BCUT2D eigenvalue weighted by molar-refractivity contribution is 1.11. The summed E-state index contributed by atoms with van der Waals surface area (Å²) in [7, 11) is 1.87. The number of hydrogen-bond donors (Lipinski definition) is 1. The molecule has 0 radical (unpaired) electrons. The fourth-order valence-corrected chi connectivity index (χ4v) is 1.29. The first-order chi connectivity index (χ1) is 6.27. The van der Waals surface area contributed by atoms with Crippen molar-refractivity contribution in [2.45, 2.75) is 6.92 Å². The molecule has 1 aromatic rings. The van der Waals surface area contributed by atoms with Crippen LogP contribution in [0.2, 0.25) is 0 Å². The zero-order chi connectivity index (χ0) is 9.68. The van der Waals surface area contributed by atoms with Crippen molar-refractivity contribution in [3.63, 3.8) is 0 Å². The van der Waals surface area contributed by atoms with Gasteiger partial charge in [-0.3, -0.25) is 0 Å². The molecule has 1 rings (SSSR count). The van der Waals surface area contributed by atoms with E-state index in [1.807, 2.05) is 13.2 Å². The molecular formula is C11H13NS. The predicted octanol–water partition coefficient (Wildman–Crippen LogP) is 2.56. The van der Waals surface area contributed by atoms with Crippen molar-refractivity contribution in [1.82, 2.24) is 5.32 Å². The summed E-state index contributed by atoms with van der Waals surface area (Å²) < 4.78 is 0. The lowest BCUT2D eigenvalue weighted by atomic mass is 10.1. The highest BCUT2D eigenvalue weighted by atomic mass is 32.1. The van der Waals surface area contributed by atoms with Crippen LogP contribution in [0, 0.1) is 6.92 Å². The largest absolute Gasteiger partial charge is 0.393 e. The molecule has 0 atom stereocenters. The van der Waals surface area contributed by atoms with Crippen LogP contribution in [0.3, 0.4) is 0 Å². The average Bonchev–Trinajstić information content (AvgIpc) is 2.16. The molecule has 68 valence electrons. The first kappa shape index (κ1) is 9.93. The van der Waals surface area contributed by atoms with Crippen LogP contribution < -0.4 is 5.32 Å². The van der Waals surface area contributed by atoms with Gasteiger partial charge in [0, 0.05) is 24.2 Å². The minimum absolute atomic E-state index is 1.04. The van der Waals surface area contributed by atoms with E-state index in [4.69, 9.17) is 12.2 Å². The second-order valence-corrected chi connectivity index (χ2v) is 3.11. The normalized spacial score (nSPS) is 11.1. The van der Waals surface area contributed by atoms with Gasteiger partial charge >= 0.3 is 0 Å². The van der Waals surface area contributed by atoms with Gasteiger partial charge in [-0.2, -0.15) is 0 Å². The molecule has 0 aromatic heterocycles. The first-order valence-corrected chi connectivity index (χ1v) is 4.64. The summed E-state index contributed by atoms with van der Waals surface area (Å²) >= 11 is 4.92. The van der Waals surface area contributed by atoms with Gasteiger partial charge in [0.05, 0.1) is 0 Å². The van der Waals surface area contributed by atoms with Crippen LogP contribution in [0.1, 0.15) is 11.1 Å². The Labute approximate surface area is 84.5 Å². The van der Waals surface area contributed by atoms with Crippen LogP contribution in [-0.2, 0) is 0 Å². The van der Waals surface area contributed by atoms with Crippen LogP contribution in [-0.4, -0.2) is 12.4 Å². The zero-order valence-electron chi connectivity index (χ0n) is 7.87. The Morgan fingerprint density at radius 2 is 1.92 bits per heavy atom. The summed E-state index contributed by atoms with van der Waals surface area (Å²) in [6.07, 6.45) is 1.90. The molecule has 0 fully saturated rings. The number of thiocarbonyl (C=S) groups is 1. The van der Waals surface area contributed by atoms with Crippen molar-refractivity contribution in [2.24, 2.45) is 0 Å². The quantitative estimate of drug-likeness (QED) is 0.582. The molecule has 0 heterocycles. The maximum atomic E-state index is 4.92. The van der Waals surface area contributed by atoms with Crippen molar-refractivity contribution < 1.29 is 0 Å². The molecule has 0 saturated carbocycles. The van der Waals surface area contributed by atoms with Crippen LogP contribution in [0.4, 0.5) is 0 Å². The second kappa shape index (κ2) is 4.77. The molecule has 0 aliphatic rings. The molecule has 13 heavy (non-hydrogen) atoms. The van der Waals surface area contributed by atoms with Crippen molar-refractivity contribution in [3.8, 4) is 0 Å². The molecule has 1 aromatic carbocycles. The third-order valence-corrected chi connectivity index (χ3v) is 2.07. The van der Waals surface area contributed by atoms with Crippen molar-refractivity contribution in [1.29, 1.82) is 0 Å². The Bertz CT molecular complexity index is 311. The molecule has 0 amide bonds. The van der Waals surface area contributed by atoms with Gasteiger partial charge in [0.2, 0.25) is 0 Å². The molecule has 1 nitrogen and oxygen atoms in total. The van der Waals surface area contributed by atoms with Gasteiger partial charge in [-0.1, -0.05) is 42.0 Å². The highest BCUT2D eigenvalue weighted by Gasteiger charge is 1.95. The van der Waals surface area contributed by atoms with E-state index in [1.165, 1.54) is 5.56 Å². The van der Waals surface area contributed by atoms with Crippen molar-refractivity contribution in [3.05, 3.63) is 41.6 Å². The van der Waals surface area contributed by atoms with E-state index in [0.29, 0.717) is 0 Å². The van der Waals surface area contributed by atoms with Gasteiger partial charge in [0.1, 0.15) is 0 Å². The van der Waals surface area contributed by atoms with E-state index >= 15 is 0 Å². The van der Waals surface area contributed by atoms with Gasteiger partial charge in [0.15, 0.2) is 0 Å². The third kappa shape index (κ3) is 2.67. The fraction of sp³-hybridized carbons (Fsp3) is 0.182. The van der Waals surface area contributed by atoms with Crippen LogP contribution >= 0.6 is 12.2 Å². The van der Waals surface area contributed by atoms with Crippen molar-refractivity contribution >= 4 is 23.2 Å². The molecule has 0 aliphatic heterocycles. The molecule has 2 heteroatoms. The van der Waals surface area contributed by atoms with Gasteiger partial charge in [0.25, 0.3) is 0 Å². The number of hydrogen-bond acceptors (Lipinski definition) is 2. The van der Waals surface area contributed by atoms with E-state index in [-0.39, 0.29) is 0 Å². The maximum absolute atomic E-state index is 4.92. The molecule has 0 saturated heterocycles. The van der Waals surface area contributed by atoms with E-state index in [0.717, 1.165) is 11.1 Å². The molecule has 0 aliphatic carbocycles. The summed E-state index contributed by atoms with van der Waals surface area (Å²) in [6.45, 7) is 2.07. The second-order valence-electron chi connectivity index (χ2n) is 2.87. The monoisotopic (exact) mass is 191 g/mol. The fourth-order valence-electron chi connectivity index (χ4n) is 1.09. The Hall–Kier alpha value is -1.15. The minimum Gasteiger partial charge on any atom is -0.393 e. The van der Waals surface area contributed by atoms with Gasteiger partial charge in [-0.25, -0.2) is 0 Å². The Morgan fingerprint density at radius 1 is 1.31 bits per heavy atom. The van der Waals surface area contributed by atoms with Gasteiger partial charge in [-0.05, 0) is 12.5 Å². The zero-order valence-corrected chi connectivity index (χ0v) is 8.69. The smallest absolute Gasteiger partial charge is 0.0107 e. The number of benzene rings is 1. The molecule has 0 bridgehead atoms. The van der Waals surface area contributed by atoms with Crippen molar-refractivity contribution in [2.75, 3.05) is 7.05 Å². The average molecular weight is 191 g/mol. The van der Waals surface area contributed by atoms with Crippen LogP contribution in [0.15, 0.2) is 30.5 Å². The molecule has 1 N–H and O–H groups in total. The molecular weight excluding hydrogens is 178 g/mol. The topological polar surface area (TPSA) is 12.0 Å². The van der Waals surface area contributed by atoms with E-state index in [2.05, 4.69) is 36.5 Å². The standard InChI is InChI=1S/C11H13NS/c1-9-3-5-10(6-4-9)11(8-13)7-12-2/h3-8,12H,1-2H3/b11-7-. The lowest BCUT2D eigenvalue weighted by Gasteiger charge is -2.01. The van der Waals surface area contributed by atoms with E-state index in [1.54, 1.807) is 5.37 Å². The summed E-state index contributed by atoms with van der Waals surface area (Å²) in [5.74, 6) is 0. The number of aryl methyl sites for hydroxylation is 1. The summed E-state index contributed by atoms with van der Waals surface area (Å²) in [4.78, 5) is 0. The molecule has 0 unspecified atom stereocenters. The number of allylic oxidation sites excluding steroid dienone is 1. The highest BCUT2D eigenvalue weighted by molar-refractivity contribution is 7.79. The third-order valence-electron chi connectivity index (χ3n) is 1.81. The van der Waals surface area contributed by atoms with E-state index in [9.17, 15) is 0 Å².